The molecule has 0 atom stereocenters. The summed E-state index contributed by atoms with van der Waals surface area (Å²) in [7, 11) is 0. The van der Waals surface area contributed by atoms with Gasteiger partial charge < -0.3 is 4.57 Å². The van der Waals surface area contributed by atoms with Crippen LogP contribution in [0.15, 0.2) is 12.4 Å². The van der Waals surface area contributed by atoms with Crippen LogP contribution >= 0.6 is 12.8 Å². The zero-order valence-electron chi connectivity index (χ0n) is 8.56. The molecule has 0 amide bonds. The SMILES string of the molecule is Cc1nccn1CC1CCN(S)CC1. The predicted molar refractivity (Wildman–Crippen MR) is 60.2 cm³/mol. The van der Waals surface area contributed by atoms with Gasteiger partial charge in [0, 0.05) is 32.0 Å². The van der Waals surface area contributed by atoms with E-state index < -0.39 is 0 Å². The van der Waals surface area contributed by atoms with Crippen LogP contribution in [0.4, 0.5) is 0 Å². The summed E-state index contributed by atoms with van der Waals surface area (Å²) in [4.78, 5) is 4.23. The lowest BCUT2D eigenvalue weighted by molar-refractivity contribution is 0.268. The van der Waals surface area contributed by atoms with E-state index in [4.69, 9.17) is 0 Å². The fraction of sp³-hybridized carbons (Fsp3) is 0.700. The molecule has 2 heterocycles. The van der Waals surface area contributed by atoms with Gasteiger partial charge in [0.1, 0.15) is 5.82 Å². The van der Waals surface area contributed by atoms with Gasteiger partial charge in [-0.25, -0.2) is 4.98 Å². The predicted octanol–water partition coefficient (Wildman–Crippen LogP) is 1.75. The van der Waals surface area contributed by atoms with Crippen molar-refractivity contribution in [2.24, 2.45) is 5.92 Å². The normalized spacial score (nSPS) is 20.1. The van der Waals surface area contributed by atoms with E-state index in [0.717, 1.165) is 31.4 Å². The molecule has 1 aliphatic heterocycles. The number of rotatable bonds is 2. The monoisotopic (exact) mass is 211 g/mol. The highest BCUT2D eigenvalue weighted by molar-refractivity contribution is 7.77. The lowest BCUT2D eigenvalue weighted by atomic mass is 9.98. The van der Waals surface area contributed by atoms with Crippen molar-refractivity contribution in [1.29, 1.82) is 0 Å². The summed E-state index contributed by atoms with van der Waals surface area (Å²) in [6.07, 6.45) is 6.45. The van der Waals surface area contributed by atoms with Gasteiger partial charge in [0.2, 0.25) is 0 Å². The van der Waals surface area contributed by atoms with Crippen LogP contribution in [0.1, 0.15) is 18.7 Å². The summed E-state index contributed by atoms with van der Waals surface area (Å²) in [6, 6.07) is 0. The highest BCUT2D eigenvalue weighted by Gasteiger charge is 2.17. The lowest BCUT2D eigenvalue weighted by Crippen LogP contribution is -2.28. The van der Waals surface area contributed by atoms with Crippen LogP contribution < -0.4 is 0 Å². The second-order valence-corrected chi connectivity index (χ2v) is 4.59. The largest absolute Gasteiger partial charge is 0.335 e. The van der Waals surface area contributed by atoms with Crippen molar-refractivity contribution in [3.8, 4) is 0 Å². The highest BCUT2D eigenvalue weighted by Crippen LogP contribution is 2.20. The van der Waals surface area contributed by atoms with Crippen molar-refractivity contribution < 1.29 is 0 Å². The third-order valence-electron chi connectivity index (χ3n) is 2.97. The van der Waals surface area contributed by atoms with E-state index in [9.17, 15) is 0 Å². The van der Waals surface area contributed by atoms with Gasteiger partial charge in [-0.05, 0) is 25.7 Å². The molecule has 0 aromatic carbocycles. The molecule has 0 saturated carbocycles. The van der Waals surface area contributed by atoms with Crippen LogP contribution in [0.5, 0.6) is 0 Å². The first kappa shape index (κ1) is 10.1. The van der Waals surface area contributed by atoms with Crippen molar-refractivity contribution >= 4 is 12.8 Å². The topological polar surface area (TPSA) is 21.1 Å². The maximum Gasteiger partial charge on any atom is 0.105 e. The Labute approximate surface area is 90.7 Å². The summed E-state index contributed by atoms with van der Waals surface area (Å²) in [6.45, 7) is 5.41. The van der Waals surface area contributed by atoms with Gasteiger partial charge in [-0.3, -0.25) is 4.31 Å². The zero-order valence-corrected chi connectivity index (χ0v) is 9.45. The fourth-order valence-corrected chi connectivity index (χ4v) is 2.21. The molecule has 1 saturated heterocycles. The van der Waals surface area contributed by atoms with Crippen molar-refractivity contribution in [1.82, 2.24) is 13.9 Å². The van der Waals surface area contributed by atoms with Crippen molar-refractivity contribution in [2.45, 2.75) is 26.3 Å². The van der Waals surface area contributed by atoms with Crippen LogP contribution in [-0.2, 0) is 6.54 Å². The zero-order chi connectivity index (χ0) is 9.97. The Bertz CT molecular complexity index is 289. The Hall–Kier alpha value is -0.480. The molecule has 4 heteroatoms. The van der Waals surface area contributed by atoms with Gasteiger partial charge in [0.25, 0.3) is 0 Å². The minimum Gasteiger partial charge on any atom is -0.335 e. The quantitative estimate of drug-likeness (QED) is 0.752. The van der Waals surface area contributed by atoms with Gasteiger partial charge in [0.05, 0.1) is 0 Å². The van der Waals surface area contributed by atoms with Crippen molar-refractivity contribution in [2.75, 3.05) is 13.1 Å². The molecule has 3 nitrogen and oxygen atoms in total. The van der Waals surface area contributed by atoms with Gasteiger partial charge in [-0.1, -0.05) is 12.8 Å². The van der Waals surface area contributed by atoms with Gasteiger partial charge >= 0.3 is 0 Å². The molecule has 1 aliphatic rings. The maximum absolute atomic E-state index is 4.35. The number of hydrogen-bond acceptors (Lipinski definition) is 3. The fourth-order valence-electron chi connectivity index (χ4n) is 1.98. The van der Waals surface area contributed by atoms with Gasteiger partial charge in [0.15, 0.2) is 0 Å². The van der Waals surface area contributed by atoms with E-state index in [2.05, 4.69) is 39.8 Å². The minimum absolute atomic E-state index is 0.797. The molecule has 1 aromatic heterocycles. The smallest absolute Gasteiger partial charge is 0.105 e. The van der Waals surface area contributed by atoms with E-state index in [1.807, 2.05) is 6.20 Å². The second kappa shape index (κ2) is 4.36. The van der Waals surface area contributed by atoms with E-state index in [1.165, 1.54) is 12.8 Å². The third-order valence-corrected chi connectivity index (χ3v) is 3.37. The standard InChI is InChI=1S/C10H17N3S/c1-9-11-4-7-12(9)8-10-2-5-13(14)6-3-10/h4,7,10,14H,2-3,5-6,8H2,1H3. The molecule has 0 bridgehead atoms. The van der Waals surface area contributed by atoms with Crippen LogP contribution in [0, 0.1) is 12.8 Å². The molecule has 1 aromatic rings. The van der Waals surface area contributed by atoms with Crippen LogP contribution in [0.25, 0.3) is 0 Å². The Balaban J connectivity index is 1.89. The number of nitrogens with zero attached hydrogens (tertiary/aromatic N) is 3. The summed E-state index contributed by atoms with van der Waals surface area (Å²) < 4.78 is 4.36. The average molecular weight is 211 g/mol. The maximum atomic E-state index is 4.35. The van der Waals surface area contributed by atoms with Gasteiger partial charge in [-0.2, -0.15) is 0 Å². The Morgan fingerprint density at radius 3 is 2.79 bits per heavy atom. The number of aromatic nitrogens is 2. The first-order valence-electron chi connectivity index (χ1n) is 5.17. The number of hydrogen-bond donors (Lipinski definition) is 1. The summed E-state index contributed by atoms with van der Waals surface area (Å²) in [5.74, 6) is 1.92. The van der Waals surface area contributed by atoms with E-state index in [-0.39, 0.29) is 0 Å². The minimum atomic E-state index is 0.797. The molecule has 0 unspecified atom stereocenters. The molecule has 2 rings (SSSR count). The first-order chi connectivity index (χ1) is 6.75. The van der Waals surface area contributed by atoms with Crippen molar-refractivity contribution in [3.63, 3.8) is 0 Å². The van der Waals surface area contributed by atoms with E-state index in [0.29, 0.717) is 0 Å². The molecule has 14 heavy (non-hydrogen) atoms. The van der Waals surface area contributed by atoms with E-state index >= 15 is 0 Å². The molecular weight excluding hydrogens is 194 g/mol. The van der Waals surface area contributed by atoms with Crippen LogP contribution in [0.2, 0.25) is 0 Å². The lowest BCUT2D eigenvalue weighted by Gasteiger charge is -2.28. The van der Waals surface area contributed by atoms with E-state index in [1.54, 1.807) is 0 Å². The first-order valence-corrected chi connectivity index (χ1v) is 5.57. The van der Waals surface area contributed by atoms with Gasteiger partial charge in [-0.15, -0.1) is 0 Å². The molecule has 0 N–H and O–H groups in total. The molecule has 78 valence electrons. The molecule has 0 aliphatic carbocycles. The van der Waals surface area contributed by atoms with Crippen LogP contribution in [0.3, 0.4) is 0 Å². The number of thiol groups is 1. The highest BCUT2D eigenvalue weighted by atomic mass is 32.1. The summed E-state index contributed by atoms with van der Waals surface area (Å²) >= 11 is 4.35. The number of aryl methyl sites for hydroxylation is 1. The van der Waals surface area contributed by atoms with Crippen LogP contribution in [-0.4, -0.2) is 26.9 Å². The molecule has 0 spiro atoms. The Morgan fingerprint density at radius 2 is 2.21 bits per heavy atom. The molecular formula is C10H17N3S. The summed E-state index contributed by atoms with van der Waals surface area (Å²) in [5, 5.41) is 0. The second-order valence-electron chi connectivity index (χ2n) is 4.02. The molecule has 0 radical (unpaired) electrons. The third kappa shape index (κ3) is 2.30. The summed E-state index contributed by atoms with van der Waals surface area (Å²) in [5.41, 5.74) is 0. The molecule has 1 fully saturated rings. The average Bonchev–Trinajstić information content (AvgIpc) is 2.56. The number of imidazole rings is 1. The Morgan fingerprint density at radius 1 is 1.50 bits per heavy atom. The number of piperidine rings is 1. The Kier molecular flexibility index (Phi) is 3.13. The van der Waals surface area contributed by atoms with Crippen molar-refractivity contribution in [3.05, 3.63) is 18.2 Å².